The van der Waals surface area contributed by atoms with E-state index in [0.29, 0.717) is 11.6 Å². The third-order valence-corrected chi connectivity index (χ3v) is 7.47. The van der Waals surface area contributed by atoms with Gasteiger partial charge in [0.25, 0.3) is 5.91 Å². The van der Waals surface area contributed by atoms with Crippen molar-refractivity contribution in [2.45, 2.75) is 16.8 Å². The summed E-state index contributed by atoms with van der Waals surface area (Å²) in [7, 11) is 0. The van der Waals surface area contributed by atoms with Crippen molar-refractivity contribution in [3.63, 3.8) is 0 Å². The molecular weight excluding hydrogens is 450 g/mol. The molecule has 10 heteroatoms. The summed E-state index contributed by atoms with van der Waals surface area (Å²) in [6.07, 6.45) is 2.26. The van der Waals surface area contributed by atoms with Crippen molar-refractivity contribution in [3.8, 4) is 0 Å². The van der Waals surface area contributed by atoms with Gasteiger partial charge < -0.3 is 9.73 Å². The van der Waals surface area contributed by atoms with Gasteiger partial charge in [0.15, 0.2) is 4.34 Å². The predicted octanol–water partition coefficient (Wildman–Crippen LogP) is 5.41. The summed E-state index contributed by atoms with van der Waals surface area (Å²) in [6.45, 7) is 0. The van der Waals surface area contributed by atoms with E-state index in [-0.39, 0.29) is 17.7 Å². The zero-order valence-electron chi connectivity index (χ0n) is 16.2. The number of nitrogens with one attached hydrogen (secondary N) is 1. The van der Waals surface area contributed by atoms with Crippen molar-refractivity contribution in [2.24, 2.45) is 5.10 Å². The van der Waals surface area contributed by atoms with Crippen LogP contribution in [0.3, 0.4) is 0 Å². The van der Waals surface area contributed by atoms with Crippen LogP contribution in [0.5, 0.6) is 0 Å². The van der Waals surface area contributed by atoms with E-state index in [4.69, 9.17) is 4.42 Å². The Morgan fingerprint density at radius 3 is 2.84 bits per heavy atom. The smallest absolute Gasteiger partial charge is 0.253 e. The summed E-state index contributed by atoms with van der Waals surface area (Å²) >= 11 is 4.40. The number of carbonyl (C=O) groups excluding carboxylic acids is 1. The first kappa shape index (κ1) is 20.0. The topological polar surface area (TPSA) is 83.6 Å². The molecule has 0 bridgehead atoms. The second kappa shape index (κ2) is 9.04. The van der Waals surface area contributed by atoms with Crippen LogP contribution in [0.1, 0.15) is 23.1 Å². The summed E-state index contributed by atoms with van der Waals surface area (Å²) < 4.78 is 6.31. The molecule has 0 saturated heterocycles. The van der Waals surface area contributed by atoms with Gasteiger partial charge in [0.1, 0.15) is 11.8 Å². The number of carbonyl (C=O) groups is 1. The second-order valence-corrected chi connectivity index (χ2v) is 9.80. The molecule has 4 heterocycles. The fraction of sp³-hybridized carbons (Fsp3) is 0.143. The van der Waals surface area contributed by atoms with Gasteiger partial charge in [0.05, 0.1) is 22.6 Å². The van der Waals surface area contributed by atoms with Crippen LogP contribution in [0.25, 0.3) is 0 Å². The molecule has 0 saturated carbocycles. The molecule has 5 rings (SSSR count). The van der Waals surface area contributed by atoms with Gasteiger partial charge in [-0.25, -0.2) is 5.01 Å². The van der Waals surface area contributed by atoms with E-state index in [1.165, 1.54) is 23.1 Å². The zero-order valence-corrected chi connectivity index (χ0v) is 18.6. The fourth-order valence-electron chi connectivity index (χ4n) is 3.19. The molecule has 1 unspecified atom stereocenters. The number of furan rings is 1. The molecule has 7 nitrogen and oxygen atoms in total. The average molecular weight is 468 g/mol. The standard InChI is InChI=1S/C21H17N5O2S3/c27-19(13-30-21-24-23-20(31-21)22-14-6-2-1-3-7-14)26-16(17-8-4-10-28-17)12-15(25-26)18-9-5-11-29-18/h1-11,16H,12-13H2,(H,22,23). The molecule has 1 aromatic carbocycles. The number of hydrogen-bond acceptors (Lipinski definition) is 9. The summed E-state index contributed by atoms with van der Waals surface area (Å²) in [5.74, 6) is 0.864. The minimum atomic E-state index is -0.232. The number of aromatic nitrogens is 2. The first-order chi connectivity index (χ1) is 15.3. The Bertz CT molecular complexity index is 1170. The number of hydrogen-bond donors (Lipinski definition) is 1. The minimum Gasteiger partial charge on any atom is -0.467 e. The fourth-order valence-corrected chi connectivity index (χ4v) is 5.53. The van der Waals surface area contributed by atoms with Crippen LogP contribution >= 0.6 is 34.4 Å². The number of thiophene rings is 1. The van der Waals surface area contributed by atoms with Gasteiger partial charge in [0.2, 0.25) is 5.13 Å². The Labute approximate surface area is 190 Å². The Balaban J connectivity index is 1.26. The summed E-state index contributed by atoms with van der Waals surface area (Å²) in [5, 5.41) is 20.4. The molecule has 1 aliphatic rings. The number of nitrogens with zero attached hydrogens (tertiary/aromatic N) is 4. The number of para-hydroxylation sites is 1. The molecule has 1 atom stereocenters. The van der Waals surface area contributed by atoms with Gasteiger partial charge in [-0.3, -0.25) is 4.79 Å². The van der Waals surface area contributed by atoms with Gasteiger partial charge in [-0.15, -0.1) is 21.5 Å². The van der Waals surface area contributed by atoms with E-state index in [9.17, 15) is 4.79 Å². The molecule has 1 N–H and O–H groups in total. The van der Waals surface area contributed by atoms with E-state index in [0.717, 1.165) is 26.4 Å². The second-order valence-electron chi connectivity index (χ2n) is 6.65. The molecule has 3 aromatic heterocycles. The average Bonchev–Trinajstić information content (AvgIpc) is 3.59. The van der Waals surface area contributed by atoms with Crippen LogP contribution in [-0.2, 0) is 4.79 Å². The third-order valence-electron chi connectivity index (χ3n) is 4.59. The maximum Gasteiger partial charge on any atom is 0.253 e. The number of rotatable bonds is 7. The molecule has 4 aromatic rings. The largest absolute Gasteiger partial charge is 0.467 e. The molecule has 31 heavy (non-hydrogen) atoms. The van der Waals surface area contributed by atoms with Crippen LogP contribution in [0.15, 0.2) is 80.1 Å². The quantitative estimate of drug-likeness (QED) is 0.366. The van der Waals surface area contributed by atoms with Gasteiger partial charge in [0, 0.05) is 12.1 Å². The van der Waals surface area contributed by atoms with Crippen molar-refractivity contribution in [1.82, 2.24) is 15.2 Å². The number of amides is 1. The van der Waals surface area contributed by atoms with E-state index in [1.807, 2.05) is 60.0 Å². The van der Waals surface area contributed by atoms with Crippen LogP contribution in [0.4, 0.5) is 10.8 Å². The van der Waals surface area contributed by atoms with Gasteiger partial charge in [-0.2, -0.15) is 5.10 Å². The summed E-state index contributed by atoms with van der Waals surface area (Å²) in [6, 6.07) is 17.3. The Hall–Kier alpha value is -2.95. The summed E-state index contributed by atoms with van der Waals surface area (Å²) in [5.41, 5.74) is 1.85. The molecular formula is C21H17N5O2S3. The third kappa shape index (κ3) is 4.55. The monoisotopic (exact) mass is 467 g/mol. The molecule has 0 spiro atoms. The van der Waals surface area contributed by atoms with E-state index in [1.54, 1.807) is 22.6 Å². The van der Waals surface area contributed by atoms with E-state index >= 15 is 0 Å². The van der Waals surface area contributed by atoms with Crippen molar-refractivity contribution in [3.05, 3.63) is 76.9 Å². The van der Waals surface area contributed by atoms with Crippen molar-refractivity contribution < 1.29 is 9.21 Å². The number of thioether (sulfide) groups is 1. The highest BCUT2D eigenvalue weighted by Gasteiger charge is 2.35. The minimum absolute atomic E-state index is 0.0919. The maximum atomic E-state index is 13.0. The molecule has 0 radical (unpaired) electrons. The molecule has 1 amide bonds. The first-order valence-corrected chi connectivity index (χ1v) is 12.2. The van der Waals surface area contributed by atoms with Crippen molar-refractivity contribution in [1.29, 1.82) is 0 Å². The zero-order chi connectivity index (χ0) is 21.0. The first-order valence-electron chi connectivity index (χ1n) is 9.51. The van der Waals surface area contributed by atoms with Crippen molar-refractivity contribution in [2.75, 3.05) is 11.1 Å². The van der Waals surface area contributed by atoms with Gasteiger partial charge >= 0.3 is 0 Å². The lowest BCUT2D eigenvalue weighted by Crippen LogP contribution is -2.28. The maximum absolute atomic E-state index is 13.0. The van der Waals surface area contributed by atoms with Gasteiger partial charge in [-0.1, -0.05) is 47.4 Å². The lowest BCUT2D eigenvalue weighted by atomic mass is 10.1. The molecule has 156 valence electrons. The Morgan fingerprint density at radius 1 is 1.16 bits per heavy atom. The Morgan fingerprint density at radius 2 is 2.06 bits per heavy atom. The van der Waals surface area contributed by atoms with Crippen molar-refractivity contribution >= 4 is 56.9 Å². The van der Waals surface area contributed by atoms with Crippen LogP contribution in [0, 0.1) is 0 Å². The number of benzene rings is 1. The highest BCUT2D eigenvalue weighted by Crippen LogP contribution is 2.35. The molecule has 0 aliphatic carbocycles. The van der Waals surface area contributed by atoms with Gasteiger partial charge in [-0.05, 0) is 35.7 Å². The van der Waals surface area contributed by atoms with Crippen LogP contribution in [-0.4, -0.2) is 32.6 Å². The van der Waals surface area contributed by atoms with Crippen LogP contribution in [0.2, 0.25) is 0 Å². The number of anilines is 2. The lowest BCUT2D eigenvalue weighted by molar-refractivity contribution is -0.130. The number of hydrazone groups is 1. The summed E-state index contributed by atoms with van der Waals surface area (Å²) in [4.78, 5) is 14.1. The van der Waals surface area contributed by atoms with Crippen LogP contribution < -0.4 is 5.32 Å². The molecule has 1 aliphatic heterocycles. The predicted molar refractivity (Wildman–Crippen MR) is 124 cm³/mol. The SMILES string of the molecule is O=C(CSc1nnc(Nc2ccccc2)s1)N1N=C(c2cccs2)CC1c1ccco1. The molecule has 0 fully saturated rings. The lowest BCUT2D eigenvalue weighted by Gasteiger charge is -2.19. The Kier molecular flexibility index (Phi) is 5.83. The van der Waals surface area contributed by atoms with E-state index in [2.05, 4.69) is 20.6 Å². The highest BCUT2D eigenvalue weighted by molar-refractivity contribution is 8.01. The normalized spacial score (nSPS) is 15.8. The van der Waals surface area contributed by atoms with E-state index < -0.39 is 0 Å². The highest BCUT2D eigenvalue weighted by atomic mass is 32.2.